The van der Waals surface area contributed by atoms with Crippen molar-refractivity contribution < 1.29 is 4.79 Å². The fraction of sp³-hybridized carbons (Fsp3) is 0.125. The minimum Gasteiger partial charge on any atom is -0.284 e. The molecule has 0 spiro atoms. The van der Waals surface area contributed by atoms with Crippen LogP contribution >= 0.6 is 34.3 Å². The van der Waals surface area contributed by atoms with E-state index in [1.54, 1.807) is 4.90 Å². The Bertz CT molecular complexity index is 1400. The largest absolute Gasteiger partial charge is 0.284 e. The molecule has 0 radical (unpaired) electrons. The molecule has 2 aromatic carbocycles. The van der Waals surface area contributed by atoms with Crippen LogP contribution in [-0.2, 0) is 0 Å². The summed E-state index contributed by atoms with van der Waals surface area (Å²) in [5, 5.41) is 9.00. The molecule has 0 aliphatic rings. The van der Waals surface area contributed by atoms with Crippen molar-refractivity contribution in [2.24, 2.45) is 0 Å². The van der Waals surface area contributed by atoms with E-state index in [1.807, 2.05) is 84.6 Å². The Hall–Kier alpha value is -3.00. The van der Waals surface area contributed by atoms with E-state index in [2.05, 4.69) is 5.10 Å². The van der Waals surface area contributed by atoms with Gasteiger partial charge in [-0.1, -0.05) is 41.9 Å². The third-order valence-electron chi connectivity index (χ3n) is 5.18. The molecule has 0 atom stereocenters. The van der Waals surface area contributed by atoms with Crippen molar-refractivity contribution in [2.75, 3.05) is 11.4 Å². The summed E-state index contributed by atoms with van der Waals surface area (Å²) in [6.07, 6.45) is 0. The summed E-state index contributed by atoms with van der Waals surface area (Å²) in [4.78, 5) is 21.5. The maximum Gasteiger partial charge on any atom is 0.270 e. The highest BCUT2D eigenvalue weighted by Crippen LogP contribution is 2.33. The molecule has 160 valence electrons. The van der Waals surface area contributed by atoms with Crippen LogP contribution in [0.15, 0.2) is 66.0 Å². The van der Waals surface area contributed by atoms with Crippen molar-refractivity contribution in [1.82, 2.24) is 14.8 Å². The third kappa shape index (κ3) is 3.72. The van der Waals surface area contributed by atoms with E-state index < -0.39 is 0 Å². The van der Waals surface area contributed by atoms with E-state index in [1.165, 1.54) is 22.7 Å². The number of thiophene rings is 1. The zero-order valence-electron chi connectivity index (χ0n) is 17.4. The molecule has 0 aliphatic heterocycles. The zero-order valence-corrected chi connectivity index (χ0v) is 19.8. The minimum atomic E-state index is -0.0512. The molecule has 5 aromatic rings. The van der Waals surface area contributed by atoms with Gasteiger partial charge in [-0.05, 0) is 44.2 Å². The first-order valence-electron chi connectivity index (χ1n) is 10.1. The molecule has 5 nitrogen and oxygen atoms in total. The van der Waals surface area contributed by atoms with E-state index >= 15 is 0 Å². The molecule has 0 saturated heterocycles. The number of thiazole rings is 1. The second kappa shape index (κ2) is 8.50. The summed E-state index contributed by atoms with van der Waals surface area (Å²) in [5.74, 6) is -0.0512. The summed E-state index contributed by atoms with van der Waals surface area (Å²) in [7, 11) is 0. The maximum absolute atomic E-state index is 13.4. The third-order valence-corrected chi connectivity index (χ3v) is 7.39. The molecule has 8 heteroatoms. The predicted molar refractivity (Wildman–Crippen MR) is 134 cm³/mol. The van der Waals surface area contributed by atoms with Gasteiger partial charge in [0.2, 0.25) is 0 Å². The van der Waals surface area contributed by atoms with Crippen LogP contribution in [0.2, 0.25) is 5.02 Å². The lowest BCUT2D eigenvalue weighted by Crippen LogP contribution is -2.29. The molecule has 3 aromatic heterocycles. The molecular weight excluding hydrogens is 460 g/mol. The van der Waals surface area contributed by atoms with Crippen molar-refractivity contribution in [3.8, 4) is 16.9 Å². The Labute approximate surface area is 198 Å². The highest BCUT2D eigenvalue weighted by molar-refractivity contribution is 7.20. The molecule has 0 fully saturated rings. The van der Waals surface area contributed by atoms with Crippen LogP contribution in [0, 0.1) is 6.92 Å². The standard InChI is InChI=1S/C24H19ClN4OS2/c1-3-28(24-26-20(14-31-24)16-9-11-17(25)12-10-16)22(30)21-13-19-15(2)27-29(23(19)32-21)18-7-5-4-6-8-18/h4-14H,3H2,1-2H3. The molecule has 0 bridgehead atoms. The van der Waals surface area contributed by atoms with Gasteiger partial charge >= 0.3 is 0 Å². The molecule has 0 unspecified atom stereocenters. The van der Waals surface area contributed by atoms with E-state index in [9.17, 15) is 4.79 Å². The van der Waals surface area contributed by atoms with Gasteiger partial charge in [-0.3, -0.25) is 9.69 Å². The quantitative estimate of drug-likeness (QED) is 0.278. The number of hydrogen-bond donors (Lipinski definition) is 0. The number of nitrogens with zero attached hydrogens (tertiary/aromatic N) is 4. The van der Waals surface area contributed by atoms with E-state index in [0.717, 1.165) is 32.9 Å². The van der Waals surface area contributed by atoms with Gasteiger partial charge < -0.3 is 0 Å². The first-order valence-corrected chi connectivity index (χ1v) is 12.2. The van der Waals surface area contributed by atoms with Crippen molar-refractivity contribution in [3.05, 3.63) is 81.6 Å². The van der Waals surface area contributed by atoms with Gasteiger partial charge in [0.25, 0.3) is 5.91 Å². The number of carbonyl (C=O) groups excluding carboxylic acids is 1. The Morgan fingerprint density at radius 2 is 1.88 bits per heavy atom. The van der Waals surface area contributed by atoms with Crippen molar-refractivity contribution in [1.29, 1.82) is 0 Å². The monoisotopic (exact) mass is 478 g/mol. The molecule has 0 saturated carbocycles. The summed E-state index contributed by atoms with van der Waals surface area (Å²) >= 11 is 8.92. The van der Waals surface area contributed by atoms with Crippen LogP contribution in [0.1, 0.15) is 22.3 Å². The van der Waals surface area contributed by atoms with Gasteiger partial charge in [0.05, 0.1) is 22.0 Å². The van der Waals surface area contributed by atoms with Crippen molar-refractivity contribution in [2.45, 2.75) is 13.8 Å². The van der Waals surface area contributed by atoms with Crippen LogP contribution in [0.5, 0.6) is 0 Å². The number of hydrogen-bond acceptors (Lipinski definition) is 5. The minimum absolute atomic E-state index is 0.0512. The number of rotatable bonds is 5. The lowest BCUT2D eigenvalue weighted by Gasteiger charge is -2.16. The molecule has 5 rings (SSSR count). The Morgan fingerprint density at radius 3 is 2.59 bits per heavy atom. The molecule has 32 heavy (non-hydrogen) atoms. The van der Waals surface area contributed by atoms with Gasteiger partial charge in [-0.2, -0.15) is 5.10 Å². The normalized spacial score (nSPS) is 11.2. The first kappa shape index (κ1) is 20.9. The van der Waals surface area contributed by atoms with Crippen LogP contribution in [0.25, 0.3) is 27.2 Å². The number of aromatic nitrogens is 3. The van der Waals surface area contributed by atoms with Crippen LogP contribution < -0.4 is 4.90 Å². The number of halogens is 1. The van der Waals surface area contributed by atoms with Gasteiger partial charge in [-0.15, -0.1) is 22.7 Å². The number of anilines is 1. The molecule has 0 N–H and O–H groups in total. The number of amides is 1. The van der Waals surface area contributed by atoms with Crippen LogP contribution in [-0.4, -0.2) is 27.2 Å². The molecule has 3 heterocycles. The molecule has 0 aliphatic carbocycles. The Balaban J connectivity index is 1.48. The van der Waals surface area contributed by atoms with E-state index in [4.69, 9.17) is 16.6 Å². The smallest absolute Gasteiger partial charge is 0.270 e. The number of para-hydroxylation sites is 1. The Kier molecular flexibility index (Phi) is 5.55. The van der Waals surface area contributed by atoms with Crippen molar-refractivity contribution in [3.63, 3.8) is 0 Å². The molecule has 1 amide bonds. The van der Waals surface area contributed by atoms with E-state index in [-0.39, 0.29) is 5.91 Å². The molecular formula is C24H19ClN4OS2. The average Bonchev–Trinajstić information content (AvgIpc) is 3.53. The lowest BCUT2D eigenvalue weighted by atomic mass is 10.2. The second-order valence-corrected chi connectivity index (χ2v) is 9.54. The second-order valence-electron chi connectivity index (χ2n) is 7.23. The van der Waals surface area contributed by atoms with Crippen LogP contribution in [0.4, 0.5) is 5.13 Å². The fourth-order valence-electron chi connectivity index (χ4n) is 3.54. The summed E-state index contributed by atoms with van der Waals surface area (Å²) in [5.41, 5.74) is 3.69. The fourth-order valence-corrected chi connectivity index (χ4v) is 5.69. The summed E-state index contributed by atoms with van der Waals surface area (Å²) in [6.45, 7) is 4.47. The van der Waals surface area contributed by atoms with Crippen molar-refractivity contribution >= 4 is 55.5 Å². The van der Waals surface area contributed by atoms with E-state index in [0.29, 0.717) is 21.6 Å². The first-order chi connectivity index (χ1) is 15.5. The highest BCUT2D eigenvalue weighted by Gasteiger charge is 2.23. The maximum atomic E-state index is 13.4. The predicted octanol–water partition coefficient (Wildman–Crippen LogP) is 6.84. The van der Waals surface area contributed by atoms with Gasteiger partial charge in [0, 0.05) is 27.9 Å². The lowest BCUT2D eigenvalue weighted by molar-refractivity contribution is 0.0992. The number of carbonyl (C=O) groups is 1. The summed E-state index contributed by atoms with van der Waals surface area (Å²) < 4.78 is 1.91. The Morgan fingerprint density at radius 1 is 1.12 bits per heavy atom. The number of benzene rings is 2. The summed E-state index contributed by atoms with van der Waals surface area (Å²) in [6, 6.07) is 19.5. The zero-order chi connectivity index (χ0) is 22.2. The average molecular weight is 479 g/mol. The van der Waals surface area contributed by atoms with Gasteiger partial charge in [-0.25, -0.2) is 9.67 Å². The van der Waals surface area contributed by atoms with Gasteiger partial charge in [0.1, 0.15) is 4.83 Å². The highest BCUT2D eigenvalue weighted by atomic mass is 35.5. The van der Waals surface area contributed by atoms with Crippen LogP contribution in [0.3, 0.4) is 0 Å². The topological polar surface area (TPSA) is 51.0 Å². The number of fused-ring (bicyclic) bond motifs is 1. The number of aryl methyl sites for hydroxylation is 1. The SMILES string of the molecule is CCN(C(=O)c1cc2c(C)nn(-c3ccccc3)c2s1)c1nc(-c2ccc(Cl)cc2)cs1. The van der Waals surface area contributed by atoms with Gasteiger partial charge in [0.15, 0.2) is 5.13 Å².